The molecule has 0 radical (unpaired) electrons. The molecule has 0 aliphatic heterocycles. The Morgan fingerprint density at radius 3 is 1.06 bits per heavy atom. The summed E-state index contributed by atoms with van der Waals surface area (Å²) in [5.74, 6) is -4.28. The first-order chi connectivity index (χ1) is 7.29. The smallest absolute Gasteiger partial charge is 0.315 e. The Kier molecular flexibility index (Phi) is 2.85. The van der Waals surface area contributed by atoms with Crippen molar-refractivity contribution in [2.24, 2.45) is 11.8 Å². The quantitative estimate of drug-likeness (QED) is 0.741. The van der Waals surface area contributed by atoms with Crippen molar-refractivity contribution >= 4 is 11.9 Å². The van der Waals surface area contributed by atoms with Crippen LogP contribution in [0, 0.1) is 11.8 Å². The molecule has 0 aromatic rings. The molecule has 0 atom stereocenters. The number of carbonyl (C=O) groups is 2. The number of hydrogen-bond acceptors (Lipinski definition) is 2. The van der Waals surface area contributed by atoms with Gasteiger partial charge in [-0.2, -0.15) is 0 Å². The van der Waals surface area contributed by atoms with Crippen LogP contribution in [0.25, 0.3) is 0 Å². The summed E-state index contributed by atoms with van der Waals surface area (Å²) >= 11 is 0. The van der Waals surface area contributed by atoms with Gasteiger partial charge in [0.05, 0.1) is 0 Å². The van der Waals surface area contributed by atoms with Crippen LogP contribution in [0.1, 0.15) is 0 Å². The third-order valence-corrected chi connectivity index (χ3v) is 2.71. The summed E-state index contributed by atoms with van der Waals surface area (Å²) in [6, 6.07) is 0. The Labute approximate surface area is 92.9 Å². The van der Waals surface area contributed by atoms with E-state index in [4.69, 9.17) is 10.2 Å². The second-order valence-electron chi connectivity index (χ2n) is 3.64. The zero-order valence-electron chi connectivity index (χ0n) is 8.69. The highest BCUT2D eigenvalue weighted by atomic mass is 16.4. The summed E-state index contributed by atoms with van der Waals surface area (Å²) in [5.41, 5.74) is 0.712. The predicted molar refractivity (Wildman–Crippen MR) is 58.8 cm³/mol. The molecule has 1 aliphatic rings. The summed E-state index contributed by atoms with van der Waals surface area (Å²) in [5, 5.41) is 18.0. The fraction of sp³-hybridized carbons (Fsp3) is 0.167. The molecule has 0 aromatic carbocycles. The van der Waals surface area contributed by atoms with Crippen LogP contribution in [0.3, 0.4) is 0 Å². The van der Waals surface area contributed by atoms with E-state index in [0.29, 0.717) is 0 Å². The summed E-state index contributed by atoms with van der Waals surface area (Å²) in [6.45, 7) is 14.3. The van der Waals surface area contributed by atoms with E-state index in [1.165, 1.54) is 0 Å². The average Bonchev–Trinajstić information content (AvgIpc) is 2.14. The minimum absolute atomic E-state index is 0.178. The van der Waals surface area contributed by atoms with Crippen LogP contribution in [0.5, 0.6) is 0 Å². The predicted octanol–water partition coefficient (Wildman–Crippen LogP) is 1.63. The van der Waals surface area contributed by atoms with E-state index >= 15 is 0 Å². The van der Waals surface area contributed by atoms with Gasteiger partial charge in [0.2, 0.25) is 0 Å². The maximum absolute atomic E-state index is 11.0. The summed E-state index contributed by atoms with van der Waals surface area (Å²) in [7, 11) is 0. The molecule has 0 heterocycles. The van der Waals surface area contributed by atoms with E-state index in [1.807, 2.05) is 0 Å². The van der Waals surface area contributed by atoms with E-state index < -0.39 is 23.8 Å². The summed E-state index contributed by atoms with van der Waals surface area (Å²) in [6.07, 6.45) is 0. The second-order valence-corrected chi connectivity index (χ2v) is 3.64. The summed E-state index contributed by atoms with van der Waals surface area (Å²) < 4.78 is 0. The first-order valence-corrected chi connectivity index (χ1v) is 4.50. The first kappa shape index (κ1) is 12.0. The van der Waals surface area contributed by atoms with Crippen molar-refractivity contribution in [3.63, 3.8) is 0 Å². The van der Waals surface area contributed by atoms with Crippen LogP contribution in [-0.4, -0.2) is 22.2 Å². The largest absolute Gasteiger partial charge is 0.481 e. The topological polar surface area (TPSA) is 74.6 Å². The molecular weight excluding hydrogens is 208 g/mol. The molecule has 1 aliphatic carbocycles. The highest BCUT2D eigenvalue weighted by Gasteiger charge is 2.40. The van der Waals surface area contributed by atoms with Crippen molar-refractivity contribution in [2.45, 2.75) is 0 Å². The normalized spacial score (nSPS) is 25.8. The molecule has 4 nitrogen and oxygen atoms in total. The Balaban J connectivity index is 3.25. The number of carboxylic acids is 2. The standard InChI is InChI=1S/C12H12O4/c1-5-6(2)10(12(15)16)8(4)7(3)9(5)11(13)14/h9-10H,1-4H2,(H,13,14)(H,15,16). The molecule has 1 saturated carbocycles. The van der Waals surface area contributed by atoms with Crippen LogP contribution >= 0.6 is 0 Å². The number of carboxylic acid groups (broad SMARTS) is 2. The van der Waals surface area contributed by atoms with Crippen LogP contribution in [0.4, 0.5) is 0 Å². The van der Waals surface area contributed by atoms with Crippen molar-refractivity contribution in [3.05, 3.63) is 48.6 Å². The van der Waals surface area contributed by atoms with Crippen LogP contribution in [-0.2, 0) is 9.59 Å². The molecule has 0 unspecified atom stereocenters. The van der Waals surface area contributed by atoms with Gasteiger partial charge >= 0.3 is 11.9 Å². The number of hydrogen-bond donors (Lipinski definition) is 2. The number of aliphatic carboxylic acids is 2. The van der Waals surface area contributed by atoms with Crippen molar-refractivity contribution in [2.75, 3.05) is 0 Å². The van der Waals surface area contributed by atoms with Gasteiger partial charge in [-0.1, -0.05) is 26.3 Å². The van der Waals surface area contributed by atoms with Crippen LogP contribution in [0.2, 0.25) is 0 Å². The lowest BCUT2D eigenvalue weighted by atomic mass is 9.70. The average molecular weight is 220 g/mol. The van der Waals surface area contributed by atoms with Crippen molar-refractivity contribution in [3.8, 4) is 0 Å². The molecule has 1 rings (SSSR count). The molecular formula is C12H12O4. The van der Waals surface area contributed by atoms with Gasteiger partial charge in [-0.05, 0) is 22.3 Å². The molecule has 4 heteroatoms. The molecule has 1 fully saturated rings. The van der Waals surface area contributed by atoms with E-state index in [-0.39, 0.29) is 22.3 Å². The third kappa shape index (κ3) is 1.58. The maximum Gasteiger partial charge on any atom is 0.315 e. The van der Waals surface area contributed by atoms with E-state index in [1.54, 1.807) is 0 Å². The SMILES string of the molecule is C=C1C(=C)C(C(=O)O)C(=C)C(=C)C1C(=O)O. The fourth-order valence-electron chi connectivity index (χ4n) is 1.76. The van der Waals surface area contributed by atoms with Gasteiger partial charge in [0.25, 0.3) is 0 Å². The van der Waals surface area contributed by atoms with Gasteiger partial charge in [0, 0.05) is 0 Å². The minimum Gasteiger partial charge on any atom is -0.481 e. The third-order valence-electron chi connectivity index (χ3n) is 2.71. The lowest BCUT2D eigenvalue weighted by molar-refractivity contribution is -0.141. The fourth-order valence-corrected chi connectivity index (χ4v) is 1.76. The van der Waals surface area contributed by atoms with Gasteiger partial charge < -0.3 is 10.2 Å². The van der Waals surface area contributed by atoms with Gasteiger partial charge in [-0.3, -0.25) is 9.59 Å². The van der Waals surface area contributed by atoms with E-state index in [9.17, 15) is 9.59 Å². The lowest BCUT2D eigenvalue weighted by Crippen LogP contribution is -2.32. The molecule has 0 amide bonds. The van der Waals surface area contributed by atoms with Gasteiger partial charge in [-0.15, -0.1) is 0 Å². The zero-order valence-corrected chi connectivity index (χ0v) is 8.69. The van der Waals surface area contributed by atoms with Gasteiger partial charge in [0.1, 0.15) is 11.8 Å². The van der Waals surface area contributed by atoms with Crippen molar-refractivity contribution < 1.29 is 19.8 Å². The monoisotopic (exact) mass is 220 g/mol. The lowest BCUT2D eigenvalue weighted by Gasteiger charge is -2.32. The first-order valence-electron chi connectivity index (χ1n) is 4.50. The Hall–Kier alpha value is -2.10. The van der Waals surface area contributed by atoms with E-state index in [2.05, 4.69) is 26.3 Å². The minimum atomic E-state index is -1.12. The van der Waals surface area contributed by atoms with E-state index in [0.717, 1.165) is 0 Å². The Morgan fingerprint density at radius 2 is 0.938 bits per heavy atom. The van der Waals surface area contributed by atoms with Gasteiger partial charge in [-0.25, -0.2) is 0 Å². The molecule has 0 saturated heterocycles. The zero-order chi connectivity index (χ0) is 12.6. The van der Waals surface area contributed by atoms with Crippen LogP contribution in [0.15, 0.2) is 48.6 Å². The molecule has 84 valence electrons. The van der Waals surface area contributed by atoms with Crippen molar-refractivity contribution in [1.29, 1.82) is 0 Å². The van der Waals surface area contributed by atoms with Crippen molar-refractivity contribution in [1.82, 2.24) is 0 Å². The molecule has 16 heavy (non-hydrogen) atoms. The molecule has 0 aromatic heterocycles. The Bertz CT molecular complexity index is 372. The molecule has 0 spiro atoms. The highest BCUT2D eigenvalue weighted by Crippen LogP contribution is 2.42. The van der Waals surface area contributed by atoms with Crippen LogP contribution < -0.4 is 0 Å². The Morgan fingerprint density at radius 1 is 0.750 bits per heavy atom. The highest BCUT2D eigenvalue weighted by molar-refractivity contribution is 5.88. The second kappa shape index (κ2) is 3.81. The maximum atomic E-state index is 11.0. The summed E-state index contributed by atoms with van der Waals surface area (Å²) in [4.78, 5) is 22.0. The molecule has 0 bridgehead atoms. The molecule has 2 N–H and O–H groups in total. The van der Waals surface area contributed by atoms with Gasteiger partial charge in [0.15, 0.2) is 0 Å². The number of rotatable bonds is 2.